The van der Waals surface area contributed by atoms with Crippen molar-refractivity contribution in [1.29, 1.82) is 0 Å². The van der Waals surface area contributed by atoms with Crippen LogP contribution >= 0.6 is 0 Å². The molecule has 114 valence electrons. The van der Waals surface area contributed by atoms with Crippen molar-refractivity contribution in [2.75, 3.05) is 13.1 Å². The van der Waals surface area contributed by atoms with Crippen molar-refractivity contribution in [3.8, 4) is 0 Å². The number of hydrogen-bond acceptors (Lipinski definition) is 5. The van der Waals surface area contributed by atoms with E-state index in [1.165, 1.54) is 0 Å². The van der Waals surface area contributed by atoms with E-state index < -0.39 is 11.7 Å². The molecule has 0 aliphatic carbocycles. The molecule has 7 heteroatoms. The Morgan fingerprint density at radius 1 is 1.40 bits per heavy atom. The SMILES string of the molecule is CCCNC(=O)C1=NOC(CNC(=O)OC(C)(C)C)C1. The zero-order valence-electron chi connectivity index (χ0n) is 12.5. The minimum atomic E-state index is -0.539. The molecule has 0 spiro atoms. The number of alkyl carbamates (subject to hydrolysis) is 1. The molecule has 0 radical (unpaired) electrons. The number of ether oxygens (including phenoxy) is 1. The lowest BCUT2D eigenvalue weighted by molar-refractivity contribution is -0.114. The first-order chi connectivity index (χ1) is 9.31. The Bertz CT molecular complexity index is 388. The van der Waals surface area contributed by atoms with Crippen molar-refractivity contribution in [3.05, 3.63) is 0 Å². The van der Waals surface area contributed by atoms with Crippen LogP contribution in [0.25, 0.3) is 0 Å². The summed E-state index contributed by atoms with van der Waals surface area (Å²) in [7, 11) is 0. The standard InChI is InChI=1S/C13H23N3O4/c1-5-6-14-11(17)10-7-9(20-16-10)8-15-12(18)19-13(2,3)4/h9H,5-8H2,1-4H3,(H,14,17)(H,15,18). The average Bonchev–Trinajstić information content (AvgIpc) is 2.80. The number of nitrogens with zero attached hydrogens (tertiary/aromatic N) is 1. The van der Waals surface area contributed by atoms with Gasteiger partial charge in [-0.1, -0.05) is 12.1 Å². The molecule has 2 amide bonds. The Morgan fingerprint density at radius 3 is 2.70 bits per heavy atom. The van der Waals surface area contributed by atoms with Crippen molar-refractivity contribution in [1.82, 2.24) is 10.6 Å². The third-order valence-electron chi connectivity index (χ3n) is 2.40. The Balaban J connectivity index is 2.26. The van der Waals surface area contributed by atoms with Gasteiger partial charge in [0.2, 0.25) is 0 Å². The first-order valence-corrected chi connectivity index (χ1v) is 6.79. The van der Waals surface area contributed by atoms with Gasteiger partial charge in [-0.3, -0.25) is 4.79 Å². The van der Waals surface area contributed by atoms with Gasteiger partial charge in [-0.25, -0.2) is 4.79 Å². The highest BCUT2D eigenvalue weighted by Crippen LogP contribution is 2.11. The monoisotopic (exact) mass is 285 g/mol. The summed E-state index contributed by atoms with van der Waals surface area (Å²) < 4.78 is 5.10. The van der Waals surface area contributed by atoms with E-state index in [4.69, 9.17) is 9.57 Å². The van der Waals surface area contributed by atoms with Gasteiger partial charge in [-0.15, -0.1) is 0 Å². The molecule has 1 rings (SSSR count). The van der Waals surface area contributed by atoms with Gasteiger partial charge >= 0.3 is 6.09 Å². The average molecular weight is 285 g/mol. The summed E-state index contributed by atoms with van der Waals surface area (Å²) in [6.45, 7) is 8.20. The highest BCUT2D eigenvalue weighted by molar-refractivity contribution is 6.39. The van der Waals surface area contributed by atoms with Crippen molar-refractivity contribution in [2.45, 2.75) is 52.2 Å². The topological polar surface area (TPSA) is 89.0 Å². The maximum Gasteiger partial charge on any atom is 0.407 e. The highest BCUT2D eigenvalue weighted by atomic mass is 16.6. The fourth-order valence-corrected chi connectivity index (χ4v) is 1.52. The summed E-state index contributed by atoms with van der Waals surface area (Å²) in [6, 6.07) is 0. The molecule has 0 saturated carbocycles. The third kappa shape index (κ3) is 5.90. The van der Waals surface area contributed by atoms with Crippen LogP contribution in [0.3, 0.4) is 0 Å². The predicted molar refractivity (Wildman–Crippen MR) is 74.5 cm³/mol. The van der Waals surface area contributed by atoms with Crippen LogP contribution in [-0.2, 0) is 14.4 Å². The van der Waals surface area contributed by atoms with Crippen LogP contribution in [-0.4, -0.2) is 42.5 Å². The number of carbonyl (C=O) groups excluding carboxylic acids is 2. The van der Waals surface area contributed by atoms with Crippen LogP contribution in [0.2, 0.25) is 0 Å². The molecule has 1 unspecified atom stereocenters. The number of rotatable bonds is 5. The number of oxime groups is 1. The second-order valence-electron chi connectivity index (χ2n) is 5.61. The number of hydrogen-bond donors (Lipinski definition) is 2. The van der Waals surface area contributed by atoms with E-state index in [9.17, 15) is 9.59 Å². The van der Waals surface area contributed by atoms with E-state index in [-0.39, 0.29) is 18.6 Å². The van der Waals surface area contributed by atoms with Crippen molar-refractivity contribution in [3.63, 3.8) is 0 Å². The van der Waals surface area contributed by atoms with E-state index >= 15 is 0 Å². The number of carbonyl (C=O) groups is 2. The highest BCUT2D eigenvalue weighted by Gasteiger charge is 2.26. The zero-order chi connectivity index (χ0) is 15.2. The van der Waals surface area contributed by atoms with Gasteiger partial charge in [-0.2, -0.15) is 0 Å². The Kier molecular flexibility index (Phi) is 5.79. The van der Waals surface area contributed by atoms with Crippen LogP contribution < -0.4 is 10.6 Å². The summed E-state index contributed by atoms with van der Waals surface area (Å²) in [5.41, 5.74) is -0.183. The van der Waals surface area contributed by atoms with Gasteiger partial charge in [0.15, 0.2) is 6.10 Å². The minimum Gasteiger partial charge on any atom is -0.444 e. The molecule has 20 heavy (non-hydrogen) atoms. The maximum atomic E-state index is 11.6. The molecule has 1 aliphatic heterocycles. The molecule has 7 nitrogen and oxygen atoms in total. The summed E-state index contributed by atoms with van der Waals surface area (Å²) in [5.74, 6) is -0.216. The van der Waals surface area contributed by atoms with E-state index in [0.717, 1.165) is 6.42 Å². The van der Waals surface area contributed by atoms with Crippen molar-refractivity contribution < 1.29 is 19.2 Å². The first-order valence-electron chi connectivity index (χ1n) is 6.79. The minimum absolute atomic E-state index is 0.216. The second-order valence-corrected chi connectivity index (χ2v) is 5.61. The van der Waals surface area contributed by atoms with Crippen LogP contribution in [0.1, 0.15) is 40.5 Å². The normalized spacial score (nSPS) is 18.0. The van der Waals surface area contributed by atoms with Crippen molar-refractivity contribution >= 4 is 17.7 Å². The number of nitrogens with one attached hydrogen (secondary N) is 2. The third-order valence-corrected chi connectivity index (χ3v) is 2.40. The smallest absolute Gasteiger partial charge is 0.407 e. The fourth-order valence-electron chi connectivity index (χ4n) is 1.52. The molecular weight excluding hydrogens is 262 g/mol. The molecule has 0 aromatic heterocycles. The van der Waals surface area contributed by atoms with Crippen LogP contribution in [0.15, 0.2) is 5.16 Å². The summed E-state index contributed by atoms with van der Waals surface area (Å²) in [6.07, 6.45) is 0.407. The van der Waals surface area contributed by atoms with Gasteiger partial charge < -0.3 is 20.2 Å². The molecular formula is C13H23N3O4. The molecule has 2 N–H and O–H groups in total. The van der Waals surface area contributed by atoms with Gasteiger partial charge in [-0.05, 0) is 27.2 Å². The molecule has 1 heterocycles. The molecule has 0 aromatic carbocycles. The van der Waals surface area contributed by atoms with Gasteiger partial charge in [0.1, 0.15) is 11.3 Å². The van der Waals surface area contributed by atoms with E-state index in [1.54, 1.807) is 20.8 Å². The molecule has 1 aliphatic rings. The van der Waals surface area contributed by atoms with Crippen LogP contribution in [0.4, 0.5) is 4.79 Å². The van der Waals surface area contributed by atoms with E-state index in [1.807, 2.05) is 6.92 Å². The molecule has 0 bridgehead atoms. The molecule has 1 atom stereocenters. The Morgan fingerprint density at radius 2 is 2.10 bits per heavy atom. The van der Waals surface area contributed by atoms with E-state index in [2.05, 4.69) is 15.8 Å². The van der Waals surface area contributed by atoms with Gasteiger partial charge in [0.25, 0.3) is 5.91 Å². The predicted octanol–water partition coefficient (Wildman–Crippen LogP) is 1.18. The maximum absolute atomic E-state index is 11.6. The quantitative estimate of drug-likeness (QED) is 0.794. The lowest BCUT2D eigenvalue weighted by Crippen LogP contribution is -2.37. The summed E-state index contributed by atoms with van der Waals surface area (Å²) >= 11 is 0. The summed E-state index contributed by atoms with van der Waals surface area (Å²) in [5, 5.41) is 9.06. The lowest BCUT2D eigenvalue weighted by Gasteiger charge is -2.20. The summed E-state index contributed by atoms with van der Waals surface area (Å²) in [4.78, 5) is 28.2. The van der Waals surface area contributed by atoms with E-state index in [0.29, 0.717) is 18.7 Å². The zero-order valence-corrected chi connectivity index (χ0v) is 12.5. The van der Waals surface area contributed by atoms with Gasteiger partial charge in [0.05, 0.1) is 6.54 Å². The van der Waals surface area contributed by atoms with Crippen molar-refractivity contribution in [2.24, 2.45) is 5.16 Å². The molecule has 0 fully saturated rings. The van der Waals surface area contributed by atoms with Gasteiger partial charge in [0, 0.05) is 13.0 Å². The fraction of sp³-hybridized carbons (Fsp3) is 0.769. The largest absolute Gasteiger partial charge is 0.444 e. The van der Waals surface area contributed by atoms with Crippen LogP contribution in [0, 0.1) is 0 Å². The first kappa shape index (κ1) is 16.3. The Hall–Kier alpha value is -1.79. The number of amides is 2. The Labute approximate surface area is 119 Å². The van der Waals surface area contributed by atoms with Crippen LogP contribution in [0.5, 0.6) is 0 Å². The molecule has 0 aromatic rings. The molecule has 0 saturated heterocycles. The lowest BCUT2D eigenvalue weighted by atomic mass is 10.1. The second kappa shape index (κ2) is 7.12.